The number of amides is 2. The molecule has 2 aromatic heterocycles. The van der Waals surface area contributed by atoms with Gasteiger partial charge in [0.2, 0.25) is 0 Å². The van der Waals surface area contributed by atoms with Crippen molar-refractivity contribution in [3.63, 3.8) is 0 Å². The maximum atomic E-state index is 12.6. The van der Waals surface area contributed by atoms with E-state index in [-0.39, 0.29) is 23.7 Å². The fourth-order valence-corrected chi connectivity index (χ4v) is 2.95. The van der Waals surface area contributed by atoms with Crippen LogP contribution >= 0.6 is 11.6 Å². The van der Waals surface area contributed by atoms with Crippen molar-refractivity contribution in [1.29, 1.82) is 0 Å². The van der Waals surface area contributed by atoms with Crippen LogP contribution in [0.4, 0.5) is 0 Å². The first-order valence-corrected chi connectivity index (χ1v) is 8.93. The van der Waals surface area contributed by atoms with Crippen LogP contribution in [0, 0.1) is 0 Å². The van der Waals surface area contributed by atoms with Crippen LogP contribution in [0.3, 0.4) is 0 Å². The molecule has 3 rings (SSSR count). The molecule has 1 aliphatic heterocycles. The van der Waals surface area contributed by atoms with Crippen LogP contribution in [0.15, 0.2) is 35.4 Å². The minimum absolute atomic E-state index is 0.0457. The summed E-state index contributed by atoms with van der Waals surface area (Å²) in [5.41, 5.74) is 0.384. The molecule has 0 aromatic carbocycles. The number of methoxy groups -OCH3 is 1. The van der Waals surface area contributed by atoms with Gasteiger partial charge >= 0.3 is 0 Å². The zero-order valence-corrected chi connectivity index (χ0v) is 16.3. The molecule has 0 saturated heterocycles. The average molecular weight is 406 g/mol. The Hall–Kier alpha value is -2.91. The van der Waals surface area contributed by atoms with E-state index in [1.165, 1.54) is 16.9 Å². The monoisotopic (exact) mass is 405 g/mol. The molecule has 0 radical (unpaired) electrons. The highest BCUT2D eigenvalue weighted by Crippen LogP contribution is 2.12. The number of ether oxygens (including phenoxy) is 1. The summed E-state index contributed by atoms with van der Waals surface area (Å²) in [5, 5.41) is 4.78. The smallest absolute Gasteiger partial charge is 0.274 e. The van der Waals surface area contributed by atoms with Gasteiger partial charge in [-0.15, -0.1) is 0 Å². The van der Waals surface area contributed by atoms with Gasteiger partial charge in [-0.2, -0.15) is 0 Å². The van der Waals surface area contributed by atoms with Gasteiger partial charge in [0, 0.05) is 45.7 Å². The quantitative estimate of drug-likeness (QED) is 0.701. The van der Waals surface area contributed by atoms with E-state index in [1.54, 1.807) is 42.4 Å². The highest BCUT2D eigenvalue weighted by Gasteiger charge is 2.28. The maximum Gasteiger partial charge on any atom is 0.274 e. The Morgan fingerprint density at radius 2 is 2.14 bits per heavy atom. The van der Waals surface area contributed by atoms with Gasteiger partial charge < -0.3 is 15.0 Å². The lowest BCUT2D eigenvalue weighted by molar-refractivity contribution is 0.0634. The fraction of sp³-hybridized carbons (Fsp3) is 0.333. The lowest BCUT2D eigenvalue weighted by Crippen LogP contribution is -2.53. The molecular weight excluding hydrogens is 386 g/mol. The molecule has 0 fully saturated rings. The molecule has 0 bridgehead atoms. The Kier molecular flexibility index (Phi) is 5.96. The Balaban J connectivity index is 1.79. The number of carbonyl (C=O) groups excluding carboxylic acids is 2. The number of aromatic nitrogens is 2. The van der Waals surface area contributed by atoms with E-state index in [2.05, 4.69) is 10.3 Å². The summed E-state index contributed by atoms with van der Waals surface area (Å²) >= 11 is 5.74. The molecule has 0 aliphatic carbocycles. The number of nitrogens with zero attached hydrogens (tertiary/aromatic N) is 4. The van der Waals surface area contributed by atoms with E-state index in [0.717, 1.165) is 5.56 Å². The van der Waals surface area contributed by atoms with Gasteiger partial charge in [0.05, 0.1) is 6.61 Å². The molecule has 1 N–H and O–H groups in total. The van der Waals surface area contributed by atoms with Crippen molar-refractivity contribution < 1.29 is 14.3 Å². The Morgan fingerprint density at radius 1 is 1.36 bits per heavy atom. The molecule has 0 unspecified atom stereocenters. The molecule has 2 amide bonds. The normalized spacial score (nSPS) is 13.5. The lowest BCUT2D eigenvalue weighted by Gasteiger charge is -2.37. The van der Waals surface area contributed by atoms with E-state index >= 15 is 0 Å². The topological polar surface area (TPSA) is 96.8 Å². The molecule has 3 heterocycles. The first-order chi connectivity index (χ1) is 13.4. The molecule has 0 saturated carbocycles. The highest BCUT2D eigenvalue weighted by atomic mass is 35.5. The van der Waals surface area contributed by atoms with Crippen LogP contribution in [-0.2, 0) is 11.3 Å². The van der Waals surface area contributed by atoms with Crippen LogP contribution in [0.5, 0.6) is 0 Å². The summed E-state index contributed by atoms with van der Waals surface area (Å²) < 4.78 is 6.53. The molecular formula is C18H20ClN5O4. The van der Waals surface area contributed by atoms with Gasteiger partial charge in [-0.1, -0.05) is 17.7 Å². The number of pyridine rings is 2. The van der Waals surface area contributed by atoms with Gasteiger partial charge in [-0.25, -0.2) is 4.98 Å². The maximum absolute atomic E-state index is 12.6. The second kappa shape index (κ2) is 8.41. The largest absolute Gasteiger partial charge is 0.383 e. The van der Waals surface area contributed by atoms with Crippen molar-refractivity contribution in [1.82, 2.24) is 19.9 Å². The van der Waals surface area contributed by atoms with Gasteiger partial charge in [0.25, 0.3) is 11.8 Å². The van der Waals surface area contributed by atoms with Crippen LogP contribution in [0.1, 0.15) is 26.4 Å². The predicted molar refractivity (Wildman–Crippen MR) is 103 cm³/mol. The zero-order valence-electron chi connectivity index (χ0n) is 15.5. The fourth-order valence-electron chi connectivity index (χ4n) is 2.84. The summed E-state index contributed by atoms with van der Waals surface area (Å²) in [4.78, 5) is 43.1. The molecule has 0 atom stereocenters. The highest BCUT2D eigenvalue weighted by molar-refractivity contribution is 6.29. The van der Waals surface area contributed by atoms with Crippen molar-refractivity contribution in [3.8, 4) is 0 Å². The standard InChI is InChI=1S/C18H20ClN5O4/c1-22-11-23(5-6-28-2)18(27)14-7-15(25)13(10-24(14)22)17(26)21-9-12-3-4-16(19)20-8-12/h3-4,7-8,10H,5-6,9,11H2,1-2H3,(H,21,26). The molecule has 1 aliphatic rings. The van der Waals surface area contributed by atoms with Gasteiger partial charge in [0.1, 0.15) is 23.1 Å². The number of carbonyl (C=O) groups is 2. The third-order valence-corrected chi connectivity index (χ3v) is 4.56. The van der Waals surface area contributed by atoms with Crippen molar-refractivity contribution in [2.45, 2.75) is 6.54 Å². The Morgan fingerprint density at radius 3 is 2.82 bits per heavy atom. The first-order valence-electron chi connectivity index (χ1n) is 8.55. The number of fused-ring (bicyclic) bond motifs is 1. The first kappa shape index (κ1) is 19.8. The number of hydrogen-bond acceptors (Lipinski definition) is 6. The average Bonchev–Trinajstić information content (AvgIpc) is 2.68. The Labute approximate surface area is 166 Å². The van der Waals surface area contributed by atoms with E-state index in [9.17, 15) is 14.4 Å². The van der Waals surface area contributed by atoms with Crippen LogP contribution in [-0.4, -0.2) is 60.4 Å². The van der Waals surface area contributed by atoms with Crippen LogP contribution in [0.2, 0.25) is 5.15 Å². The number of nitrogens with one attached hydrogen (secondary N) is 1. The third kappa shape index (κ3) is 4.15. The third-order valence-electron chi connectivity index (χ3n) is 4.33. The zero-order chi connectivity index (χ0) is 20.3. The van der Waals surface area contributed by atoms with E-state index in [4.69, 9.17) is 16.3 Å². The molecule has 148 valence electrons. The Bertz CT molecular complexity index is 944. The van der Waals surface area contributed by atoms with E-state index < -0.39 is 11.3 Å². The molecule has 28 heavy (non-hydrogen) atoms. The minimum atomic E-state index is -0.530. The van der Waals surface area contributed by atoms with Crippen molar-refractivity contribution >= 4 is 23.4 Å². The van der Waals surface area contributed by atoms with Crippen molar-refractivity contribution in [2.75, 3.05) is 39.0 Å². The van der Waals surface area contributed by atoms with Gasteiger partial charge in [-0.3, -0.25) is 24.1 Å². The SMILES string of the molecule is COCCN1CN(C)n2cc(C(=O)NCc3ccc(Cl)nc3)c(=O)cc2C1=O. The predicted octanol–water partition coefficient (Wildman–Crippen LogP) is 0.454. The van der Waals surface area contributed by atoms with Crippen LogP contribution < -0.4 is 15.8 Å². The molecule has 0 spiro atoms. The minimum Gasteiger partial charge on any atom is -0.383 e. The van der Waals surface area contributed by atoms with E-state index in [0.29, 0.717) is 25.0 Å². The van der Waals surface area contributed by atoms with Gasteiger partial charge in [0.15, 0.2) is 5.43 Å². The summed E-state index contributed by atoms with van der Waals surface area (Å²) in [6, 6.07) is 4.54. The summed E-state index contributed by atoms with van der Waals surface area (Å²) in [6.45, 7) is 1.31. The van der Waals surface area contributed by atoms with Crippen LogP contribution in [0.25, 0.3) is 0 Å². The molecule has 2 aromatic rings. The molecule has 9 nitrogen and oxygen atoms in total. The van der Waals surface area contributed by atoms with Crippen molar-refractivity contribution in [2.24, 2.45) is 0 Å². The summed E-state index contributed by atoms with van der Waals surface area (Å²) in [6.07, 6.45) is 2.93. The molecule has 10 heteroatoms. The van der Waals surface area contributed by atoms with Gasteiger partial charge in [-0.05, 0) is 11.6 Å². The second-order valence-electron chi connectivity index (χ2n) is 6.31. The number of rotatable bonds is 6. The second-order valence-corrected chi connectivity index (χ2v) is 6.70. The number of halogens is 1. The summed E-state index contributed by atoms with van der Waals surface area (Å²) in [7, 11) is 3.32. The lowest BCUT2D eigenvalue weighted by atomic mass is 10.2. The van der Waals surface area contributed by atoms with E-state index in [1.807, 2.05) is 0 Å². The summed E-state index contributed by atoms with van der Waals surface area (Å²) in [5.74, 6) is -0.815. The number of hydrogen-bond donors (Lipinski definition) is 1. The van der Waals surface area contributed by atoms with Crippen molar-refractivity contribution in [3.05, 3.63) is 62.8 Å².